The largest absolute Gasteiger partial charge is 0.103 e. The molecule has 0 unspecified atom stereocenters. The summed E-state index contributed by atoms with van der Waals surface area (Å²) in [6.07, 6.45) is -1.62. The predicted octanol–water partition coefficient (Wildman–Crippen LogP) is 1.79. The number of halogens is 1. The Morgan fingerprint density at radius 3 is 2.67 bits per heavy atom. The minimum Gasteiger partial charge on any atom is -0.103 e. The molecule has 34 valence electrons. The third-order valence-corrected chi connectivity index (χ3v) is 0.433. The van der Waals surface area contributed by atoms with Crippen LogP contribution >= 0.6 is 15.9 Å². The summed E-state index contributed by atoms with van der Waals surface area (Å²) < 4.78 is 27.5. The van der Waals surface area contributed by atoms with Gasteiger partial charge in [-0.15, -0.1) is 5.92 Å². The zero-order chi connectivity index (χ0) is 8.41. The maximum absolute atomic E-state index is 6.92. The molecule has 1 heteroatoms. The number of alkyl halides is 1. The van der Waals surface area contributed by atoms with E-state index in [1.165, 1.54) is 6.92 Å². The van der Waals surface area contributed by atoms with E-state index in [4.69, 9.17) is 5.48 Å². The maximum atomic E-state index is 6.92. The van der Waals surface area contributed by atoms with Crippen molar-refractivity contribution in [1.29, 1.82) is 0 Å². The van der Waals surface area contributed by atoms with Gasteiger partial charge in [0.1, 0.15) is 0 Å². The molecular weight excluding hydrogens is 140 g/mol. The van der Waals surface area contributed by atoms with Gasteiger partial charge in [-0.1, -0.05) is 28.8 Å². The van der Waals surface area contributed by atoms with Crippen molar-refractivity contribution >= 4 is 15.9 Å². The van der Waals surface area contributed by atoms with Crippen LogP contribution in [0.25, 0.3) is 0 Å². The third-order valence-electron chi connectivity index (χ3n) is 0.235. The molecule has 0 spiro atoms. The monoisotopic (exact) mass is 150 g/mol. The van der Waals surface area contributed by atoms with Crippen LogP contribution in [0, 0.1) is 11.8 Å². The lowest BCUT2D eigenvalue weighted by Gasteiger charge is -1.64. The van der Waals surface area contributed by atoms with Gasteiger partial charge in [-0.3, -0.25) is 0 Å². The second kappa shape index (κ2) is 5.04. The van der Waals surface area contributed by atoms with Crippen molar-refractivity contribution in [2.24, 2.45) is 0 Å². The molecular formula is C5H7Br. The van der Waals surface area contributed by atoms with E-state index < -0.39 is 11.7 Å². The minimum atomic E-state index is -1.78. The van der Waals surface area contributed by atoms with Gasteiger partial charge in [0.2, 0.25) is 0 Å². The van der Waals surface area contributed by atoms with E-state index in [-0.39, 0.29) is 0 Å². The Labute approximate surface area is 52.7 Å². The molecule has 0 heterocycles. The van der Waals surface area contributed by atoms with Crippen molar-refractivity contribution in [3.8, 4) is 11.8 Å². The van der Waals surface area contributed by atoms with Gasteiger partial charge in [-0.25, -0.2) is 0 Å². The van der Waals surface area contributed by atoms with E-state index in [2.05, 4.69) is 27.8 Å². The summed E-state index contributed by atoms with van der Waals surface area (Å²) in [6.45, 7) is 1.28. The highest BCUT2D eigenvalue weighted by Gasteiger charge is 1.57. The van der Waals surface area contributed by atoms with E-state index >= 15 is 0 Å². The lowest BCUT2D eigenvalue weighted by molar-refractivity contribution is 1.28. The average Bonchev–Trinajstić information content (AvgIpc) is 1.57. The molecule has 0 atom stereocenters. The average molecular weight is 151 g/mol. The van der Waals surface area contributed by atoms with Crippen LogP contribution in [0.2, 0.25) is 0 Å². The number of hydrogen-bond acceptors (Lipinski definition) is 0. The molecule has 0 fully saturated rings. The fourth-order valence-electron chi connectivity index (χ4n) is 0.0861. The van der Waals surface area contributed by atoms with Crippen molar-refractivity contribution in [2.45, 2.75) is 13.3 Å². The van der Waals surface area contributed by atoms with Gasteiger partial charge in [0.25, 0.3) is 0 Å². The zero-order valence-electron chi connectivity index (χ0n) is 7.38. The highest BCUT2D eigenvalue weighted by molar-refractivity contribution is 9.09. The molecule has 0 saturated heterocycles. The highest BCUT2D eigenvalue weighted by Crippen LogP contribution is 1.73. The summed E-state index contributed by atoms with van der Waals surface area (Å²) in [5.41, 5.74) is 0. The quantitative estimate of drug-likeness (QED) is 0.365. The summed E-state index contributed by atoms with van der Waals surface area (Å²) >= 11 is 2.62. The van der Waals surface area contributed by atoms with Gasteiger partial charge < -0.3 is 0 Å². The van der Waals surface area contributed by atoms with Gasteiger partial charge in [0.05, 0.1) is 8.02 Å². The molecule has 0 aromatic carbocycles. The molecule has 0 saturated carbocycles. The molecule has 0 aliphatic heterocycles. The van der Waals surface area contributed by atoms with E-state index in [1.807, 2.05) is 0 Å². The van der Waals surface area contributed by atoms with Crippen LogP contribution in [0.3, 0.4) is 0 Å². The van der Waals surface area contributed by atoms with Crippen molar-refractivity contribution in [2.75, 3.05) is 5.28 Å². The maximum Gasteiger partial charge on any atom is 0.0645 e. The first kappa shape index (κ1) is 1.88. The molecule has 0 nitrogen and oxygen atoms in total. The van der Waals surface area contributed by atoms with E-state index in [1.54, 1.807) is 0 Å². The minimum absolute atomic E-state index is 1.28. The smallest absolute Gasteiger partial charge is 0.0645 e. The summed E-state index contributed by atoms with van der Waals surface area (Å²) in [5, 5.41) is -1.78. The van der Waals surface area contributed by atoms with E-state index in [9.17, 15) is 0 Å². The topological polar surface area (TPSA) is 0 Å². The van der Waals surface area contributed by atoms with Crippen LogP contribution in [0.1, 0.15) is 18.8 Å². The van der Waals surface area contributed by atoms with Gasteiger partial charge in [-0.05, 0) is 0 Å². The Hall–Kier alpha value is 0.0400. The Balaban J connectivity index is 4.19. The normalized spacial score (nSPS) is 21.0. The van der Waals surface area contributed by atoms with Crippen molar-refractivity contribution in [1.82, 2.24) is 0 Å². The van der Waals surface area contributed by atoms with Gasteiger partial charge in [-0.2, -0.15) is 0 Å². The molecule has 0 bridgehead atoms. The van der Waals surface area contributed by atoms with Crippen LogP contribution in [-0.4, -0.2) is 5.28 Å². The second-order valence-electron chi connectivity index (χ2n) is 0.594. The summed E-state index contributed by atoms with van der Waals surface area (Å²) in [4.78, 5) is 0. The van der Waals surface area contributed by atoms with Crippen molar-refractivity contribution in [3.05, 3.63) is 0 Å². The SMILES string of the molecule is [2H]C([2H])(C)C#CC([2H])([2H])Br. The van der Waals surface area contributed by atoms with Crippen LogP contribution in [0.5, 0.6) is 0 Å². The van der Waals surface area contributed by atoms with E-state index in [0.717, 1.165) is 0 Å². The third kappa shape index (κ3) is 4.04. The Kier molecular flexibility index (Phi) is 1.58. The van der Waals surface area contributed by atoms with E-state index in [0.29, 0.717) is 0 Å². The number of hydrogen-bond donors (Lipinski definition) is 0. The Bertz CT molecular complexity index is 147. The zero-order valence-corrected chi connectivity index (χ0v) is 4.96. The lowest BCUT2D eigenvalue weighted by Crippen LogP contribution is -1.56. The molecule has 6 heavy (non-hydrogen) atoms. The van der Waals surface area contributed by atoms with Gasteiger partial charge in [0, 0.05) is 9.11 Å². The first-order chi connectivity index (χ1) is 4.21. The second-order valence-corrected chi connectivity index (χ2v) is 0.991. The molecule has 0 aromatic heterocycles. The van der Waals surface area contributed by atoms with Gasteiger partial charge >= 0.3 is 0 Å². The Morgan fingerprint density at radius 2 is 2.50 bits per heavy atom. The molecule has 0 radical (unpaired) electrons. The summed E-state index contributed by atoms with van der Waals surface area (Å²) in [6, 6.07) is 0. The predicted molar refractivity (Wildman–Crippen MR) is 31.9 cm³/mol. The van der Waals surface area contributed by atoms with Gasteiger partial charge in [0.15, 0.2) is 0 Å². The molecule has 0 aliphatic rings. The standard InChI is InChI=1S/C5H7Br/c1-2-3-4-5-6/h2,5H2,1H3/i2D2,5D2. The summed E-state index contributed by atoms with van der Waals surface area (Å²) in [5.74, 6) is 4.21. The first-order valence-corrected chi connectivity index (χ1v) is 2.23. The van der Waals surface area contributed by atoms with Crippen molar-refractivity contribution < 1.29 is 5.48 Å². The van der Waals surface area contributed by atoms with Crippen molar-refractivity contribution in [3.63, 3.8) is 0 Å². The van der Waals surface area contributed by atoms with Crippen LogP contribution < -0.4 is 0 Å². The van der Waals surface area contributed by atoms with Crippen LogP contribution in [-0.2, 0) is 0 Å². The highest BCUT2D eigenvalue weighted by atomic mass is 79.9. The molecule has 0 amide bonds. The first-order valence-electron chi connectivity index (χ1n) is 3.44. The van der Waals surface area contributed by atoms with Crippen LogP contribution in [0.15, 0.2) is 0 Å². The molecule has 0 rings (SSSR count). The fourth-order valence-corrected chi connectivity index (χ4v) is 0.185. The Morgan fingerprint density at radius 1 is 1.83 bits per heavy atom. The van der Waals surface area contributed by atoms with Crippen LogP contribution in [0.4, 0.5) is 0 Å². The lowest BCUT2D eigenvalue weighted by atomic mass is 10.5. The molecule has 0 aromatic rings. The number of rotatable bonds is 0. The molecule has 0 aliphatic carbocycles. The summed E-state index contributed by atoms with van der Waals surface area (Å²) in [7, 11) is 0. The fraction of sp³-hybridized carbons (Fsp3) is 0.600. The molecule has 0 N–H and O–H groups in total.